The van der Waals surface area contributed by atoms with Gasteiger partial charge in [0.25, 0.3) is 0 Å². The van der Waals surface area contributed by atoms with Crippen LogP contribution in [0.5, 0.6) is 0 Å². The van der Waals surface area contributed by atoms with Crippen molar-refractivity contribution in [3.63, 3.8) is 0 Å². The zero-order valence-electron chi connectivity index (χ0n) is 13.0. The molecule has 2 amide bonds. The van der Waals surface area contributed by atoms with Crippen LogP contribution in [-0.2, 0) is 9.59 Å². The molecule has 1 aliphatic rings. The minimum absolute atomic E-state index is 0.150. The number of rotatable bonds is 4. The molecule has 1 fully saturated rings. The summed E-state index contributed by atoms with van der Waals surface area (Å²) in [5.41, 5.74) is 1.57. The molecule has 22 heavy (non-hydrogen) atoms. The first kappa shape index (κ1) is 16.8. The van der Waals surface area contributed by atoms with Crippen LogP contribution >= 0.6 is 11.6 Å². The molecule has 1 aromatic rings. The summed E-state index contributed by atoms with van der Waals surface area (Å²) in [6.45, 7) is 1.89. The number of nitrogens with one attached hydrogen (secondary N) is 2. The Morgan fingerprint density at radius 1 is 1.14 bits per heavy atom. The minimum atomic E-state index is -0.309. The number of carbonyl (C=O) groups excluding carboxylic acids is 2. The third-order valence-corrected chi connectivity index (χ3v) is 4.25. The van der Waals surface area contributed by atoms with Crippen molar-refractivity contribution >= 4 is 29.1 Å². The van der Waals surface area contributed by atoms with Crippen molar-refractivity contribution in [2.45, 2.75) is 57.9 Å². The second kappa shape index (κ2) is 8.18. The maximum absolute atomic E-state index is 12.0. The molecular weight excluding hydrogens is 300 g/mol. The van der Waals surface area contributed by atoms with E-state index in [2.05, 4.69) is 10.6 Å². The maximum Gasteiger partial charge on any atom is 0.233 e. The van der Waals surface area contributed by atoms with E-state index in [1.54, 1.807) is 12.1 Å². The number of benzene rings is 1. The van der Waals surface area contributed by atoms with Gasteiger partial charge in [-0.2, -0.15) is 0 Å². The van der Waals surface area contributed by atoms with Gasteiger partial charge >= 0.3 is 0 Å². The molecule has 2 rings (SSSR count). The minimum Gasteiger partial charge on any atom is -0.353 e. The van der Waals surface area contributed by atoms with E-state index < -0.39 is 0 Å². The highest BCUT2D eigenvalue weighted by Gasteiger charge is 2.17. The summed E-state index contributed by atoms with van der Waals surface area (Å²) >= 11 is 5.92. The highest BCUT2D eigenvalue weighted by atomic mass is 35.5. The number of hydrogen-bond donors (Lipinski definition) is 2. The predicted molar refractivity (Wildman–Crippen MR) is 89.1 cm³/mol. The number of aryl methyl sites for hydroxylation is 1. The van der Waals surface area contributed by atoms with E-state index in [0.717, 1.165) is 31.2 Å². The van der Waals surface area contributed by atoms with E-state index in [1.807, 2.05) is 13.0 Å². The van der Waals surface area contributed by atoms with Crippen molar-refractivity contribution < 1.29 is 9.59 Å². The fourth-order valence-electron chi connectivity index (χ4n) is 2.77. The van der Waals surface area contributed by atoms with Crippen molar-refractivity contribution in [1.82, 2.24) is 5.32 Å². The van der Waals surface area contributed by atoms with Gasteiger partial charge in [-0.3, -0.25) is 9.59 Å². The van der Waals surface area contributed by atoms with Crippen LogP contribution in [0.25, 0.3) is 0 Å². The van der Waals surface area contributed by atoms with Gasteiger partial charge in [-0.25, -0.2) is 0 Å². The molecule has 0 bridgehead atoms. The van der Waals surface area contributed by atoms with Gasteiger partial charge in [0.05, 0.1) is 0 Å². The molecule has 120 valence electrons. The lowest BCUT2D eigenvalue weighted by Gasteiger charge is -2.16. The maximum atomic E-state index is 12.0. The molecule has 0 spiro atoms. The first-order chi connectivity index (χ1) is 10.5. The average Bonchev–Trinajstić information content (AvgIpc) is 2.71. The standard InChI is InChI=1S/C17H23ClN2O2/c1-12-8-9-13(18)10-15(12)20-17(22)11-16(21)19-14-6-4-2-3-5-7-14/h8-10,14H,2-7,11H2,1H3,(H,19,21)(H,20,22). The van der Waals surface area contributed by atoms with Crippen LogP contribution in [0.1, 0.15) is 50.5 Å². The molecule has 0 unspecified atom stereocenters. The Bertz CT molecular complexity index is 537. The van der Waals surface area contributed by atoms with Crippen molar-refractivity contribution in [3.8, 4) is 0 Å². The Labute approximate surface area is 136 Å². The highest BCUT2D eigenvalue weighted by Crippen LogP contribution is 2.20. The quantitative estimate of drug-likeness (QED) is 0.654. The molecule has 1 aliphatic carbocycles. The van der Waals surface area contributed by atoms with Gasteiger partial charge in [0.1, 0.15) is 6.42 Å². The molecular formula is C17H23ClN2O2. The zero-order valence-corrected chi connectivity index (χ0v) is 13.7. The van der Waals surface area contributed by atoms with Crippen LogP contribution < -0.4 is 10.6 Å². The van der Waals surface area contributed by atoms with Crippen molar-refractivity contribution in [3.05, 3.63) is 28.8 Å². The summed E-state index contributed by atoms with van der Waals surface area (Å²) in [7, 11) is 0. The number of halogens is 1. The molecule has 1 aromatic carbocycles. The molecule has 0 radical (unpaired) electrons. The Morgan fingerprint density at radius 2 is 1.82 bits per heavy atom. The lowest BCUT2D eigenvalue weighted by Crippen LogP contribution is -2.36. The lowest BCUT2D eigenvalue weighted by molar-refractivity contribution is -0.127. The van der Waals surface area contributed by atoms with Gasteiger partial charge in [-0.15, -0.1) is 0 Å². The smallest absolute Gasteiger partial charge is 0.233 e. The van der Waals surface area contributed by atoms with E-state index in [4.69, 9.17) is 11.6 Å². The number of carbonyl (C=O) groups is 2. The Balaban J connectivity index is 1.83. The van der Waals surface area contributed by atoms with Crippen LogP contribution in [0.2, 0.25) is 5.02 Å². The van der Waals surface area contributed by atoms with Gasteiger partial charge in [0.15, 0.2) is 0 Å². The van der Waals surface area contributed by atoms with Gasteiger partial charge in [0.2, 0.25) is 11.8 Å². The van der Waals surface area contributed by atoms with E-state index in [-0.39, 0.29) is 24.3 Å². The summed E-state index contributed by atoms with van der Waals surface area (Å²) in [5, 5.41) is 6.28. The zero-order chi connectivity index (χ0) is 15.9. The third-order valence-electron chi connectivity index (χ3n) is 4.02. The fourth-order valence-corrected chi connectivity index (χ4v) is 2.94. The monoisotopic (exact) mass is 322 g/mol. The van der Waals surface area contributed by atoms with E-state index in [9.17, 15) is 9.59 Å². The predicted octanol–water partition coefficient (Wildman–Crippen LogP) is 3.82. The topological polar surface area (TPSA) is 58.2 Å². The Hall–Kier alpha value is -1.55. The molecule has 0 atom stereocenters. The first-order valence-electron chi connectivity index (χ1n) is 7.90. The normalized spacial score (nSPS) is 15.9. The van der Waals surface area contributed by atoms with Crippen molar-refractivity contribution in [2.75, 3.05) is 5.32 Å². The number of hydrogen-bond acceptors (Lipinski definition) is 2. The van der Waals surface area contributed by atoms with E-state index >= 15 is 0 Å². The molecule has 0 heterocycles. The number of anilines is 1. The first-order valence-corrected chi connectivity index (χ1v) is 8.28. The summed E-state index contributed by atoms with van der Waals surface area (Å²) in [6, 6.07) is 5.52. The van der Waals surface area contributed by atoms with Crippen LogP contribution in [0.4, 0.5) is 5.69 Å². The summed E-state index contributed by atoms with van der Waals surface area (Å²) in [4.78, 5) is 24.0. The molecule has 2 N–H and O–H groups in total. The SMILES string of the molecule is Cc1ccc(Cl)cc1NC(=O)CC(=O)NC1CCCCCC1. The molecule has 0 aliphatic heterocycles. The lowest BCUT2D eigenvalue weighted by atomic mass is 10.1. The summed E-state index contributed by atoms with van der Waals surface area (Å²) in [6.07, 6.45) is 6.66. The van der Waals surface area contributed by atoms with Crippen LogP contribution in [0.3, 0.4) is 0 Å². The second-order valence-corrected chi connectivity index (χ2v) is 6.38. The van der Waals surface area contributed by atoms with Crippen LogP contribution in [0.15, 0.2) is 18.2 Å². The van der Waals surface area contributed by atoms with Gasteiger partial charge in [-0.1, -0.05) is 43.4 Å². The third kappa shape index (κ3) is 5.34. The average molecular weight is 323 g/mol. The molecule has 1 saturated carbocycles. The molecule has 4 nitrogen and oxygen atoms in total. The Morgan fingerprint density at radius 3 is 2.50 bits per heavy atom. The van der Waals surface area contributed by atoms with E-state index in [1.165, 1.54) is 12.8 Å². The van der Waals surface area contributed by atoms with Crippen LogP contribution in [-0.4, -0.2) is 17.9 Å². The molecule has 5 heteroatoms. The van der Waals surface area contributed by atoms with Crippen molar-refractivity contribution in [1.29, 1.82) is 0 Å². The summed E-state index contributed by atoms with van der Waals surface area (Å²) in [5.74, 6) is -0.513. The van der Waals surface area contributed by atoms with Gasteiger partial charge < -0.3 is 10.6 Å². The van der Waals surface area contributed by atoms with E-state index in [0.29, 0.717) is 10.7 Å². The second-order valence-electron chi connectivity index (χ2n) is 5.94. The molecule has 0 saturated heterocycles. The highest BCUT2D eigenvalue weighted by molar-refractivity contribution is 6.31. The van der Waals surface area contributed by atoms with Crippen LogP contribution in [0, 0.1) is 6.92 Å². The molecule has 0 aromatic heterocycles. The fraction of sp³-hybridized carbons (Fsp3) is 0.529. The number of amides is 2. The Kier molecular flexibility index (Phi) is 6.25. The van der Waals surface area contributed by atoms with Crippen molar-refractivity contribution in [2.24, 2.45) is 0 Å². The largest absolute Gasteiger partial charge is 0.353 e. The van der Waals surface area contributed by atoms with Gasteiger partial charge in [0, 0.05) is 16.8 Å². The van der Waals surface area contributed by atoms with Gasteiger partial charge in [-0.05, 0) is 37.5 Å². The summed E-state index contributed by atoms with van der Waals surface area (Å²) < 4.78 is 0.